The van der Waals surface area contributed by atoms with Crippen LogP contribution in [0.1, 0.15) is 58.8 Å². The third-order valence-corrected chi connectivity index (χ3v) is 4.41. The van der Waals surface area contributed by atoms with Gasteiger partial charge in [0.05, 0.1) is 6.61 Å². The number of hydrogen-bond donors (Lipinski definition) is 1. The molecule has 1 heterocycles. The highest BCUT2D eigenvalue weighted by Crippen LogP contribution is 2.30. The first kappa shape index (κ1) is 12.4. The summed E-state index contributed by atoms with van der Waals surface area (Å²) in [6, 6.07) is 0.715. The lowest BCUT2D eigenvalue weighted by molar-refractivity contribution is 0.152. The molecule has 2 fully saturated rings. The topological polar surface area (TPSA) is 21.3 Å². The lowest BCUT2D eigenvalue weighted by atomic mass is 9.81. The SMILES string of the molecule is CCC(NC1(C)CCOC1)C1CCCCC1. The van der Waals surface area contributed by atoms with E-state index in [2.05, 4.69) is 19.2 Å². The molecule has 0 aromatic heterocycles. The van der Waals surface area contributed by atoms with Gasteiger partial charge in [0.15, 0.2) is 0 Å². The van der Waals surface area contributed by atoms with Gasteiger partial charge in [0.2, 0.25) is 0 Å². The summed E-state index contributed by atoms with van der Waals surface area (Å²) in [7, 11) is 0. The van der Waals surface area contributed by atoms with Crippen LogP contribution in [0.25, 0.3) is 0 Å². The highest BCUT2D eigenvalue weighted by molar-refractivity contribution is 4.92. The summed E-state index contributed by atoms with van der Waals surface area (Å²) in [6.45, 7) is 6.48. The number of nitrogens with one attached hydrogen (secondary N) is 1. The van der Waals surface area contributed by atoms with Gasteiger partial charge >= 0.3 is 0 Å². The minimum absolute atomic E-state index is 0.248. The summed E-state index contributed by atoms with van der Waals surface area (Å²) in [5.41, 5.74) is 0.248. The fourth-order valence-corrected chi connectivity index (χ4v) is 3.32. The largest absolute Gasteiger partial charge is 0.379 e. The zero-order chi connectivity index (χ0) is 11.4. The van der Waals surface area contributed by atoms with Crippen LogP contribution in [-0.4, -0.2) is 24.8 Å². The molecule has 94 valence electrons. The predicted molar refractivity (Wildman–Crippen MR) is 67.6 cm³/mol. The van der Waals surface area contributed by atoms with Crippen LogP contribution in [0.5, 0.6) is 0 Å². The Balaban J connectivity index is 1.88. The van der Waals surface area contributed by atoms with Crippen LogP contribution in [0.4, 0.5) is 0 Å². The molecule has 0 aromatic carbocycles. The number of rotatable bonds is 4. The molecular formula is C14H27NO. The van der Waals surface area contributed by atoms with Gasteiger partial charge in [0, 0.05) is 18.2 Å². The maximum absolute atomic E-state index is 5.53. The van der Waals surface area contributed by atoms with Gasteiger partial charge in [-0.3, -0.25) is 0 Å². The fourth-order valence-electron chi connectivity index (χ4n) is 3.32. The average molecular weight is 225 g/mol. The molecule has 0 amide bonds. The van der Waals surface area contributed by atoms with E-state index < -0.39 is 0 Å². The summed E-state index contributed by atoms with van der Waals surface area (Å²) in [5, 5.41) is 3.89. The first-order valence-electron chi connectivity index (χ1n) is 7.09. The molecular weight excluding hydrogens is 198 g/mol. The van der Waals surface area contributed by atoms with Crippen LogP contribution in [0.15, 0.2) is 0 Å². The summed E-state index contributed by atoms with van der Waals surface area (Å²) < 4.78 is 5.53. The Labute approximate surface area is 100 Å². The minimum atomic E-state index is 0.248. The molecule has 1 N–H and O–H groups in total. The lowest BCUT2D eigenvalue weighted by Crippen LogP contribution is -2.51. The molecule has 0 spiro atoms. The van der Waals surface area contributed by atoms with Gasteiger partial charge in [-0.1, -0.05) is 26.2 Å². The summed E-state index contributed by atoms with van der Waals surface area (Å²) in [6.07, 6.45) is 9.64. The van der Waals surface area contributed by atoms with Gasteiger partial charge in [-0.25, -0.2) is 0 Å². The van der Waals surface area contributed by atoms with Crippen LogP contribution in [0.2, 0.25) is 0 Å². The van der Waals surface area contributed by atoms with Gasteiger partial charge in [0.1, 0.15) is 0 Å². The molecule has 2 aliphatic rings. The maximum Gasteiger partial charge on any atom is 0.0646 e. The van der Waals surface area contributed by atoms with E-state index >= 15 is 0 Å². The van der Waals surface area contributed by atoms with E-state index in [1.165, 1.54) is 44.9 Å². The Bertz CT molecular complexity index is 205. The summed E-state index contributed by atoms with van der Waals surface area (Å²) in [4.78, 5) is 0. The van der Waals surface area contributed by atoms with Crippen LogP contribution < -0.4 is 5.32 Å². The smallest absolute Gasteiger partial charge is 0.0646 e. The standard InChI is InChI=1S/C14H27NO/c1-3-13(12-7-5-4-6-8-12)15-14(2)9-10-16-11-14/h12-13,15H,3-11H2,1-2H3. The molecule has 2 nitrogen and oxygen atoms in total. The number of hydrogen-bond acceptors (Lipinski definition) is 2. The van der Waals surface area contributed by atoms with E-state index in [1.54, 1.807) is 0 Å². The van der Waals surface area contributed by atoms with E-state index in [4.69, 9.17) is 4.74 Å². The molecule has 1 saturated carbocycles. The quantitative estimate of drug-likeness (QED) is 0.794. The highest BCUT2D eigenvalue weighted by Gasteiger charge is 2.33. The highest BCUT2D eigenvalue weighted by atomic mass is 16.5. The summed E-state index contributed by atoms with van der Waals surface area (Å²) in [5.74, 6) is 0.913. The fraction of sp³-hybridized carbons (Fsp3) is 1.00. The van der Waals surface area contributed by atoms with Crippen molar-refractivity contribution in [2.45, 2.75) is 70.4 Å². The molecule has 0 aromatic rings. The Morgan fingerprint density at radius 3 is 2.62 bits per heavy atom. The van der Waals surface area contributed by atoms with Crippen LogP contribution in [0, 0.1) is 5.92 Å². The molecule has 1 aliphatic carbocycles. The van der Waals surface area contributed by atoms with E-state index in [9.17, 15) is 0 Å². The van der Waals surface area contributed by atoms with Crippen LogP contribution in [-0.2, 0) is 4.74 Å². The Kier molecular flexibility index (Phi) is 4.26. The first-order chi connectivity index (χ1) is 7.73. The molecule has 2 unspecified atom stereocenters. The predicted octanol–water partition coefficient (Wildman–Crippen LogP) is 3.11. The lowest BCUT2D eigenvalue weighted by Gasteiger charge is -2.36. The van der Waals surface area contributed by atoms with Crippen molar-refractivity contribution in [1.82, 2.24) is 5.32 Å². The Hall–Kier alpha value is -0.0800. The molecule has 0 radical (unpaired) electrons. The van der Waals surface area contributed by atoms with Gasteiger partial charge in [0.25, 0.3) is 0 Å². The minimum Gasteiger partial charge on any atom is -0.379 e. The zero-order valence-electron chi connectivity index (χ0n) is 10.9. The third-order valence-electron chi connectivity index (χ3n) is 4.41. The van der Waals surface area contributed by atoms with E-state index in [0.717, 1.165) is 19.1 Å². The molecule has 1 saturated heterocycles. The average Bonchev–Trinajstić information content (AvgIpc) is 2.74. The third kappa shape index (κ3) is 2.98. The second kappa shape index (κ2) is 5.50. The number of ether oxygens (including phenoxy) is 1. The molecule has 16 heavy (non-hydrogen) atoms. The second-order valence-corrected chi connectivity index (χ2v) is 5.92. The van der Waals surface area contributed by atoms with E-state index in [1.807, 2.05) is 0 Å². The van der Waals surface area contributed by atoms with Crippen molar-refractivity contribution in [3.63, 3.8) is 0 Å². The Morgan fingerprint density at radius 1 is 1.31 bits per heavy atom. The van der Waals surface area contributed by atoms with Gasteiger partial charge in [-0.2, -0.15) is 0 Å². The van der Waals surface area contributed by atoms with Gasteiger partial charge < -0.3 is 10.1 Å². The molecule has 2 atom stereocenters. The van der Waals surface area contributed by atoms with Crippen molar-refractivity contribution in [3.8, 4) is 0 Å². The van der Waals surface area contributed by atoms with Crippen molar-refractivity contribution < 1.29 is 4.74 Å². The van der Waals surface area contributed by atoms with Crippen molar-refractivity contribution in [2.75, 3.05) is 13.2 Å². The molecule has 1 aliphatic heterocycles. The Morgan fingerprint density at radius 2 is 2.06 bits per heavy atom. The normalized spacial score (nSPS) is 34.1. The van der Waals surface area contributed by atoms with Gasteiger partial charge in [-0.05, 0) is 38.5 Å². The van der Waals surface area contributed by atoms with E-state index in [0.29, 0.717) is 6.04 Å². The van der Waals surface area contributed by atoms with Gasteiger partial charge in [-0.15, -0.1) is 0 Å². The van der Waals surface area contributed by atoms with Crippen LogP contribution >= 0.6 is 0 Å². The molecule has 0 bridgehead atoms. The van der Waals surface area contributed by atoms with Crippen molar-refractivity contribution in [1.29, 1.82) is 0 Å². The second-order valence-electron chi connectivity index (χ2n) is 5.92. The van der Waals surface area contributed by atoms with Crippen molar-refractivity contribution in [2.24, 2.45) is 5.92 Å². The van der Waals surface area contributed by atoms with Crippen molar-refractivity contribution in [3.05, 3.63) is 0 Å². The monoisotopic (exact) mass is 225 g/mol. The van der Waals surface area contributed by atoms with Crippen LogP contribution in [0.3, 0.4) is 0 Å². The van der Waals surface area contributed by atoms with E-state index in [-0.39, 0.29) is 5.54 Å². The molecule has 2 rings (SSSR count). The maximum atomic E-state index is 5.53. The van der Waals surface area contributed by atoms with Crippen molar-refractivity contribution >= 4 is 0 Å². The zero-order valence-corrected chi connectivity index (χ0v) is 10.9. The first-order valence-corrected chi connectivity index (χ1v) is 7.09. The summed E-state index contributed by atoms with van der Waals surface area (Å²) >= 11 is 0. The molecule has 2 heteroatoms.